The Morgan fingerprint density at radius 2 is 1.94 bits per heavy atom. The zero-order chi connectivity index (χ0) is 12.0. The van der Waals surface area contributed by atoms with E-state index in [4.69, 9.17) is 16.3 Å². The summed E-state index contributed by atoms with van der Waals surface area (Å²) in [6, 6.07) is 0. The molecule has 0 radical (unpaired) electrons. The lowest BCUT2D eigenvalue weighted by atomic mass is 9.75. The van der Waals surface area contributed by atoms with E-state index in [1.54, 1.807) is 0 Å². The third kappa shape index (κ3) is 3.11. The number of hydrogen-bond donors (Lipinski definition) is 1. The van der Waals surface area contributed by atoms with Gasteiger partial charge in [0.2, 0.25) is 5.91 Å². The number of amides is 1. The molecule has 0 spiro atoms. The van der Waals surface area contributed by atoms with Gasteiger partial charge in [-0.3, -0.25) is 4.79 Å². The molecule has 1 aliphatic heterocycles. The van der Waals surface area contributed by atoms with Gasteiger partial charge in [-0.25, -0.2) is 0 Å². The van der Waals surface area contributed by atoms with Gasteiger partial charge in [-0.2, -0.15) is 0 Å². The maximum Gasteiger partial charge on any atom is 0.235 e. The number of hydrogen-bond acceptors (Lipinski definition) is 2. The summed E-state index contributed by atoms with van der Waals surface area (Å²) in [6.07, 6.45) is 3.97. The first-order valence-corrected chi connectivity index (χ1v) is 6.66. The normalized spacial score (nSPS) is 18.4. The molecular formula is C12H22ClNO2. The molecule has 0 unspecified atom stereocenters. The SMILES string of the molecule is CCC(CC)(NC(=O)CCl)C1CCOCC1. The fraction of sp³-hybridized carbons (Fsp3) is 0.917. The molecular weight excluding hydrogens is 226 g/mol. The molecule has 1 saturated heterocycles. The predicted octanol–water partition coefficient (Wildman–Crippen LogP) is 2.33. The summed E-state index contributed by atoms with van der Waals surface area (Å²) in [5.74, 6) is 0.505. The lowest BCUT2D eigenvalue weighted by molar-refractivity contribution is -0.122. The number of halogens is 1. The van der Waals surface area contributed by atoms with Crippen molar-refractivity contribution in [1.29, 1.82) is 0 Å². The fourth-order valence-corrected chi connectivity index (χ4v) is 2.73. The Labute approximate surface area is 103 Å². The highest BCUT2D eigenvalue weighted by atomic mass is 35.5. The number of ether oxygens (including phenoxy) is 1. The third-order valence-electron chi connectivity index (χ3n) is 3.77. The molecule has 1 rings (SSSR count). The van der Waals surface area contributed by atoms with Crippen LogP contribution in [0.25, 0.3) is 0 Å². The molecule has 0 bridgehead atoms. The molecule has 1 fully saturated rings. The standard InChI is InChI=1S/C12H22ClNO2/c1-3-12(4-2,14-11(15)9-13)10-5-7-16-8-6-10/h10H,3-9H2,1-2H3,(H,14,15). The van der Waals surface area contributed by atoms with Crippen molar-refractivity contribution < 1.29 is 9.53 Å². The summed E-state index contributed by atoms with van der Waals surface area (Å²) >= 11 is 5.57. The minimum absolute atomic E-state index is 0.0466. The molecule has 0 atom stereocenters. The van der Waals surface area contributed by atoms with Gasteiger partial charge in [0.05, 0.1) is 0 Å². The summed E-state index contributed by atoms with van der Waals surface area (Å²) in [4.78, 5) is 11.5. The maximum absolute atomic E-state index is 11.5. The summed E-state index contributed by atoms with van der Waals surface area (Å²) in [7, 11) is 0. The second-order valence-electron chi connectivity index (χ2n) is 4.43. The average Bonchev–Trinajstić information content (AvgIpc) is 2.37. The molecule has 0 aromatic carbocycles. The lowest BCUT2D eigenvalue weighted by Crippen LogP contribution is -2.54. The van der Waals surface area contributed by atoms with Crippen molar-refractivity contribution >= 4 is 17.5 Å². The van der Waals surface area contributed by atoms with Crippen LogP contribution in [-0.2, 0) is 9.53 Å². The van der Waals surface area contributed by atoms with Crippen molar-refractivity contribution in [3.63, 3.8) is 0 Å². The average molecular weight is 248 g/mol. The predicted molar refractivity (Wildman–Crippen MR) is 65.7 cm³/mol. The molecule has 16 heavy (non-hydrogen) atoms. The van der Waals surface area contributed by atoms with Crippen molar-refractivity contribution in [2.24, 2.45) is 5.92 Å². The topological polar surface area (TPSA) is 38.3 Å². The van der Waals surface area contributed by atoms with Gasteiger partial charge in [0.15, 0.2) is 0 Å². The first-order valence-electron chi connectivity index (χ1n) is 6.13. The van der Waals surface area contributed by atoms with Crippen LogP contribution in [0.2, 0.25) is 0 Å². The van der Waals surface area contributed by atoms with Gasteiger partial charge >= 0.3 is 0 Å². The third-order valence-corrected chi connectivity index (χ3v) is 4.02. The van der Waals surface area contributed by atoms with Gasteiger partial charge in [0.1, 0.15) is 5.88 Å². The van der Waals surface area contributed by atoms with Crippen LogP contribution >= 0.6 is 11.6 Å². The van der Waals surface area contributed by atoms with Crippen molar-refractivity contribution in [1.82, 2.24) is 5.32 Å². The van der Waals surface area contributed by atoms with Gasteiger partial charge < -0.3 is 10.1 Å². The van der Waals surface area contributed by atoms with Crippen LogP contribution in [0.4, 0.5) is 0 Å². The van der Waals surface area contributed by atoms with E-state index in [0.717, 1.165) is 38.9 Å². The summed E-state index contributed by atoms with van der Waals surface area (Å²) in [5, 5.41) is 3.12. The molecule has 0 saturated carbocycles. The minimum Gasteiger partial charge on any atom is -0.381 e. The summed E-state index contributed by atoms with van der Waals surface area (Å²) in [5.41, 5.74) is -0.0875. The Morgan fingerprint density at radius 1 is 1.38 bits per heavy atom. The first kappa shape index (κ1) is 13.8. The van der Waals surface area contributed by atoms with Crippen molar-refractivity contribution in [3.05, 3.63) is 0 Å². The van der Waals surface area contributed by atoms with E-state index >= 15 is 0 Å². The molecule has 0 aliphatic carbocycles. The number of nitrogens with one attached hydrogen (secondary N) is 1. The van der Waals surface area contributed by atoms with E-state index in [9.17, 15) is 4.79 Å². The second-order valence-corrected chi connectivity index (χ2v) is 4.70. The minimum atomic E-state index is -0.0875. The number of carbonyl (C=O) groups excluding carboxylic acids is 1. The van der Waals surface area contributed by atoms with Gasteiger partial charge in [-0.15, -0.1) is 11.6 Å². The van der Waals surface area contributed by atoms with Crippen molar-refractivity contribution in [3.8, 4) is 0 Å². The van der Waals surface area contributed by atoms with E-state index in [1.807, 2.05) is 0 Å². The van der Waals surface area contributed by atoms with Crippen LogP contribution in [0.15, 0.2) is 0 Å². The Bertz CT molecular complexity index is 223. The Hall–Kier alpha value is -0.280. The summed E-state index contributed by atoms with van der Waals surface area (Å²) in [6.45, 7) is 5.88. The Balaban J connectivity index is 2.72. The molecule has 4 heteroatoms. The monoisotopic (exact) mass is 247 g/mol. The highest BCUT2D eigenvalue weighted by Gasteiger charge is 2.37. The van der Waals surface area contributed by atoms with E-state index < -0.39 is 0 Å². The van der Waals surface area contributed by atoms with Crippen LogP contribution in [-0.4, -0.2) is 30.5 Å². The molecule has 0 aromatic heterocycles. The van der Waals surface area contributed by atoms with Crippen LogP contribution < -0.4 is 5.32 Å². The second kappa shape index (κ2) is 6.45. The van der Waals surface area contributed by atoms with Crippen LogP contribution in [0.5, 0.6) is 0 Å². The molecule has 94 valence electrons. The molecule has 1 aliphatic rings. The van der Waals surface area contributed by atoms with Crippen LogP contribution in [0.1, 0.15) is 39.5 Å². The van der Waals surface area contributed by atoms with Crippen LogP contribution in [0.3, 0.4) is 0 Å². The zero-order valence-electron chi connectivity index (χ0n) is 10.2. The molecule has 0 aromatic rings. The summed E-state index contributed by atoms with van der Waals surface area (Å²) < 4.78 is 5.38. The number of rotatable bonds is 5. The smallest absolute Gasteiger partial charge is 0.235 e. The van der Waals surface area contributed by atoms with Crippen LogP contribution in [0, 0.1) is 5.92 Å². The highest BCUT2D eigenvalue weighted by Crippen LogP contribution is 2.32. The van der Waals surface area contributed by atoms with E-state index in [1.165, 1.54) is 0 Å². The highest BCUT2D eigenvalue weighted by molar-refractivity contribution is 6.27. The quantitative estimate of drug-likeness (QED) is 0.758. The maximum atomic E-state index is 11.5. The number of alkyl halides is 1. The van der Waals surface area contributed by atoms with Gasteiger partial charge in [0.25, 0.3) is 0 Å². The first-order chi connectivity index (χ1) is 7.68. The fourth-order valence-electron chi connectivity index (χ4n) is 2.67. The Kier molecular flexibility index (Phi) is 5.56. The van der Waals surface area contributed by atoms with E-state index in [2.05, 4.69) is 19.2 Å². The van der Waals surface area contributed by atoms with Crippen molar-refractivity contribution in [2.75, 3.05) is 19.1 Å². The Morgan fingerprint density at radius 3 is 2.38 bits per heavy atom. The van der Waals surface area contributed by atoms with Crippen molar-refractivity contribution in [2.45, 2.75) is 45.1 Å². The van der Waals surface area contributed by atoms with Gasteiger partial charge in [-0.05, 0) is 31.6 Å². The molecule has 1 N–H and O–H groups in total. The lowest BCUT2D eigenvalue weighted by Gasteiger charge is -2.42. The van der Waals surface area contributed by atoms with E-state index in [0.29, 0.717) is 5.92 Å². The molecule has 1 amide bonds. The zero-order valence-corrected chi connectivity index (χ0v) is 11.0. The van der Waals surface area contributed by atoms with Gasteiger partial charge in [0, 0.05) is 18.8 Å². The molecule has 3 nitrogen and oxygen atoms in total. The van der Waals surface area contributed by atoms with Gasteiger partial charge in [-0.1, -0.05) is 13.8 Å². The number of carbonyl (C=O) groups is 1. The largest absolute Gasteiger partial charge is 0.381 e. The molecule has 1 heterocycles. The van der Waals surface area contributed by atoms with E-state index in [-0.39, 0.29) is 17.3 Å².